The summed E-state index contributed by atoms with van der Waals surface area (Å²) in [6, 6.07) is 13.7. The van der Waals surface area contributed by atoms with Gasteiger partial charge in [0.05, 0.1) is 23.0 Å². The Bertz CT molecular complexity index is 1200. The largest absolute Gasteiger partial charge is 0.479 e. The number of aromatic nitrogens is 4. The highest BCUT2D eigenvalue weighted by molar-refractivity contribution is 8.14. The molecule has 0 unspecified atom stereocenters. The van der Waals surface area contributed by atoms with E-state index in [4.69, 9.17) is 4.74 Å². The molecule has 0 N–H and O–H groups in total. The van der Waals surface area contributed by atoms with Gasteiger partial charge in [-0.3, -0.25) is 24.9 Å². The second-order valence-electron chi connectivity index (χ2n) is 9.56. The van der Waals surface area contributed by atoms with E-state index in [1.54, 1.807) is 31.1 Å². The van der Waals surface area contributed by atoms with Crippen LogP contribution in [0.5, 0.6) is 0 Å². The predicted molar refractivity (Wildman–Crippen MR) is 266 cm³/mol. The maximum Gasteiger partial charge on any atom is 0.180 e. The molecule has 59 heavy (non-hydrogen) atoms. The summed E-state index contributed by atoms with van der Waals surface area (Å²) in [4.78, 5) is 28.1. The van der Waals surface area contributed by atoms with Crippen LogP contribution in [0.2, 0.25) is 0 Å². The molecule has 0 bridgehead atoms. The number of aliphatic imine (C=N–C) groups is 2. The summed E-state index contributed by atoms with van der Waals surface area (Å²) in [6.07, 6.45) is 13.0. The van der Waals surface area contributed by atoms with Crippen LogP contribution >= 0.6 is 11.8 Å². The molecule has 0 atom stereocenters. The summed E-state index contributed by atoms with van der Waals surface area (Å²) in [5.41, 5.74) is 5.57. The van der Waals surface area contributed by atoms with Crippen molar-refractivity contribution < 1.29 is 14.0 Å². The summed E-state index contributed by atoms with van der Waals surface area (Å²) >= 11 is 1.85. The van der Waals surface area contributed by atoms with E-state index in [9.17, 15) is 0 Å². The Morgan fingerprint density at radius 2 is 1.15 bits per heavy atom. The van der Waals surface area contributed by atoms with E-state index >= 15 is 0 Å². The Morgan fingerprint density at radius 3 is 1.32 bits per heavy atom. The number of aryl methyl sites for hydroxylation is 4. The van der Waals surface area contributed by atoms with Crippen LogP contribution in [0, 0.1) is 27.7 Å². The lowest BCUT2D eigenvalue weighted by Gasteiger charge is -1.86. The molecule has 11 heteroatoms. The quantitative estimate of drug-likeness (QED) is 0.172. The van der Waals surface area contributed by atoms with Gasteiger partial charge in [0, 0.05) is 62.3 Å². The molecule has 3 aliphatic rings. The van der Waals surface area contributed by atoms with Gasteiger partial charge in [-0.05, 0) is 83.0 Å². The smallest absolute Gasteiger partial charge is 0.180 e. The van der Waals surface area contributed by atoms with Gasteiger partial charge >= 0.3 is 0 Å². The minimum atomic E-state index is 0.784. The summed E-state index contributed by atoms with van der Waals surface area (Å²) in [6.45, 7) is 45.3. The molecule has 340 valence electrons. The van der Waals surface area contributed by atoms with Crippen molar-refractivity contribution in [3.05, 3.63) is 109 Å². The normalized spacial score (nSPS) is 10.9. The average Bonchev–Trinajstić information content (AvgIpc) is 4.18. The van der Waals surface area contributed by atoms with Gasteiger partial charge in [0.15, 0.2) is 12.3 Å². The molecule has 7 heterocycles. The summed E-state index contributed by atoms with van der Waals surface area (Å²) in [7, 11) is 0. The van der Waals surface area contributed by atoms with Crippen molar-refractivity contribution in [3.63, 3.8) is 0 Å². The van der Waals surface area contributed by atoms with Crippen molar-refractivity contribution in [1.29, 1.82) is 0 Å². The van der Waals surface area contributed by atoms with Gasteiger partial charge in [-0.2, -0.15) is 0 Å². The van der Waals surface area contributed by atoms with Crippen LogP contribution in [0.15, 0.2) is 106 Å². The van der Waals surface area contributed by atoms with Crippen LogP contribution in [-0.2, 0) is 9.57 Å². The zero-order valence-electron chi connectivity index (χ0n) is 41.6. The number of hydrogen-bond acceptors (Lipinski definition) is 11. The van der Waals surface area contributed by atoms with Crippen LogP contribution in [-0.4, -0.2) is 68.6 Å². The standard InChI is InChI=1S/3C6H7N.C4H5NO.2C4H7NO.C4H7NS.7C2H6/c1-6-2-4-7-5-3-6;1-6-3-2-4-7-5-6;1-6-4-2-3-5-7-6;1-4-2-6-3-5-4;1-4-5-2-3-6-4;1-4-2-3-6-5-4;1-4-5-2-3-6-4;7*1-2/h3*2-5H,1H3;2-3H,1H3;3*2-3H2,1H3;7*1-2H3. The third-order valence-corrected chi connectivity index (χ3v) is 6.21. The number of nitrogens with zero attached hydrogens (tertiary/aromatic N) is 7. The highest BCUT2D eigenvalue weighted by Crippen LogP contribution is 2.09. The maximum atomic E-state index is 4.90. The van der Waals surface area contributed by atoms with Crippen LogP contribution in [0.4, 0.5) is 0 Å². The molecule has 0 saturated heterocycles. The molecule has 4 aromatic heterocycles. The number of hydrogen-bond donors (Lipinski definition) is 0. The van der Waals surface area contributed by atoms with Crippen LogP contribution in [0.3, 0.4) is 0 Å². The topological polar surface area (TPSA) is 120 Å². The third-order valence-electron chi connectivity index (χ3n) is 5.27. The molecule has 0 radical (unpaired) electrons. The van der Waals surface area contributed by atoms with Crippen LogP contribution < -0.4 is 0 Å². The lowest BCUT2D eigenvalue weighted by atomic mass is 10.3. The van der Waals surface area contributed by atoms with Crippen molar-refractivity contribution in [1.82, 2.24) is 19.9 Å². The Morgan fingerprint density at radius 1 is 0.542 bits per heavy atom. The molecule has 0 amide bonds. The predicted octanol–water partition coefficient (Wildman–Crippen LogP) is 14.7. The van der Waals surface area contributed by atoms with E-state index in [1.165, 1.54) is 28.3 Å². The van der Waals surface area contributed by atoms with E-state index in [0.717, 1.165) is 55.7 Å². The maximum absolute atomic E-state index is 4.90. The molecule has 10 nitrogen and oxygen atoms in total. The van der Waals surface area contributed by atoms with Gasteiger partial charge < -0.3 is 14.0 Å². The van der Waals surface area contributed by atoms with Gasteiger partial charge in [0.1, 0.15) is 19.5 Å². The fraction of sp³-hybridized carbons (Fsp3) is 0.562. The van der Waals surface area contributed by atoms with Crippen molar-refractivity contribution in [2.24, 2.45) is 15.1 Å². The van der Waals surface area contributed by atoms with Gasteiger partial charge in [-0.1, -0.05) is 114 Å². The van der Waals surface area contributed by atoms with Crippen molar-refractivity contribution in [2.75, 3.05) is 32.1 Å². The fourth-order valence-corrected chi connectivity index (χ4v) is 3.54. The second-order valence-corrected chi connectivity index (χ2v) is 10.9. The molecule has 0 saturated carbocycles. The first-order chi connectivity index (χ1) is 28.8. The Labute approximate surface area is 368 Å². The van der Waals surface area contributed by atoms with E-state index in [2.05, 4.69) is 51.3 Å². The molecular formula is C48H89N7O3S. The monoisotopic (exact) mass is 844 g/mol. The number of oxazole rings is 1. The first kappa shape index (κ1) is 69.3. The Balaban J connectivity index is -0.000000102. The number of ether oxygens (including phenoxy) is 1. The molecule has 0 fully saturated rings. The number of pyridine rings is 3. The van der Waals surface area contributed by atoms with Gasteiger partial charge in [0.25, 0.3) is 0 Å². The van der Waals surface area contributed by atoms with Crippen LogP contribution in [0.25, 0.3) is 0 Å². The Kier molecular flexibility index (Phi) is 76.8. The zero-order valence-corrected chi connectivity index (χ0v) is 42.4. The number of oxime groups is 1. The molecule has 0 aliphatic carbocycles. The van der Waals surface area contributed by atoms with Crippen molar-refractivity contribution in [2.45, 2.75) is 152 Å². The molecule has 0 spiro atoms. The van der Waals surface area contributed by atoms with E-state index in [-0.39, 0.29) is 0 Å². The molecule has 4 aromatic rings. The molecule has 7 rings (SSSR count). The van der Waals surface area contributed by atoms with Gasteiger partial charge in [-0.15, -0.1) is 11.8 Å². The van der Waals surface area contributed by atoms with E-state index in [0.29, 0.717) is 0 Å². The second kappa shape index (κ2) is 65.5. The average molecular weight is 844 g/mol. The first-order valence-electron chi connectivity index (χ1n) is 21.6. The third kappa shape index (κ3) is 63.0. The van der Waals surface area contributed by atoms with E-state index in [1.807, 2.05) is 199 Å². The lowest BCUT2D eigenvalue weighted by Crippen LogP contribution is -1.89. The summed E-state index contributed by atoms with van der Waals surface area (Å²) in [5, 5.41) is 4.90. The number of thioether (sulfide) groups is 1. The number of rotatable bonds is 0. The summed E-state index contributed by atoms with van der Waals surface area (Å²) in [5.74, 6) is 2.03. The van der Waals surface area contributed by atoms with E-state index < -0.39 is 0 Å². The molecule has 0 aromatic carbocycles. The Hall–Kier alpha value is -4.38. The highest BCUT2D eigenvalue weighted by atomic mass is 32.2. The molecular weight excluding hydrogens is 755 g/mol. The zero-order chi connectivity index (χ0) is 47.0. The SMILES string of the molecule is CC.CC.CC.CC.CC.CC.CC.CC1=NCCO1.CC1=NCCS1.CC1=NOCC1.Cc1ccccn1.Cc1cccnc1.Cc1ccncc1.Cc1cocn1. The minimum absolute atomic E-state index is 0.784. The first-order valence-corrected chi connectivity index (χ1v) is 22.6. The lowest BCUT2D eigenvalue weighted by molar-refractivity contribution is 0.173. The minimum Gasteiger partial charge on any atom is -0.479 e. The highest BCUT2D eigenvalue weighted by Gasteiger charge is 1.98. The molecule has 3 aliphatic heterocycles. The van der Waals surface area contributed by atoms with Crippen molar-refractivity contribution >= 4 is 28.4 Å². The fourth-order valence-electron chi connectivity index (χ4n) is 2.87. The van der Waals surface area contributed by atoms with Gasteiger partial charge in [0.2, 0.25) is 0 Å². The van der Waals surface area contributed by atoms with Gasteiger partial charge in [-0.25, -0.2) is 4.98 Å². The van der Waals surface area contributed by atoms with Crippen molar-refractivity contribution in [3.8, 4) is 0 Å². The van der Waals surface area contributed by atoms with Crippen LogP contribution in [0.1, 0.15) is 147 Å². The summed E-state index contributed by atoms with van der Waals surface area (Å²) < 4.78 is 9.51.